The number of hydrogen-bond acceptors (Lipinski definition) is 4. The molecule has 1 fully saturated rings. The maximum Gasteiger partial charge on any atom is 0.137 e. The van der Waals surface area contributed by atoms with Crippen LogP contribution in [0.4, 0.5) is 5.69 Å². The first-order valence-corrected chi connectivity index (χ1v) is 6.79. The fraction of sp³-hybridized carbons (Fsp3) is 0.571. The van der Waals surface area contributed by atoms with Gasteiger partial charge in [0.15, 0.2) is 0 Å². The van der Waals surface area contributed by atoms with Crippen LogP contribution in [0.5, 0.6) is 5.75 Å². The Kier molecular flexibility index (Phi) is 4.23. The van der Waals surface area contributed by atoms with E-state index in [9.17, 15) is 0 Å². The minimum atomic E-state index is -0.214. The molecule has 0 radical (unpaired) electrons. The normalized spacial score (nSPS) is 22.4. The Morgan fingerprint density at radius 3 is 2.84 bits per heavy atom. The fourth-order valence-electron chi connectivity index (χ4n) is 2.47. The van der Waals surface area contributed by atoms with Crippen LogP contribution in [0.1, 0.15) is 13.8 Å². The zero-order valence-electron chi connectivity index (χ0n) is 11.6. The van der Waals surface area contributed by atoms with Crippen molar-refractivity contribution in [2.75, 3.05) is 31.6 Å². The molecule has 19 heavy (non-hydrogen) atoms. The van der Waals surface area contributed by atoms with Crippen LogP contribution in [0.3, 0.4) is 0 Å². The number of ether oxygens (including phenoxy) is 2. The van der Waals surface area contributed by atoms with E-state index in [2.05, 4.69) is 18.7 Å². The van der Waals surface area contributed by atoms with E-state index >= 15 is 0 Å². The molecule has 106 valence electrons. The van der Waals surface area contributed by atoms with Gasteiger partial charge in [-0.2, -0.15) is 0 Å². The van der Waals surface area contributed by atoms with E-state index in [1.807, 2.05) is 18.2 Å². The summed E-state index contributed by atoms with van der Waals surface area (Å²) < 4.78 is 11.1. The summed E-state index contributed by atoms with van der Waals surface area (Å²) >= 11 is 6.18. The topological polar surface area (TPSA) is 47.7 Å². The number of benzene rings is 1. The molecule has 4 nitrogen and oxygen atoms in total. The second-order valence-electron chi connectivity index (χ2n) is 5.43. The van der Waals surface area contributed by atoms with Crippen molar-refractivity contribution in [3.63, 3.8) is 0 Å². The first-order chi connectivity index (χ1) is 8.95. The van der Waals surface area contributed by atoms with Crippen LogP contribution in [-0.2, 0) is 4.74 Å². The molecule has 0 aromatic heterocycles. The van der Waals surface area contributed by atoms with E-state index in [1.54, 1.807) is 7.11 Å². The van der Waals surface area contributed by atoms with Crippen molar-refractivity contribution in [3.05, 3.63) is 23.2 Å². The molecule has 1 saturated heterocycles. The predicted molar refractivity (Wildman–Crippen MR) is 78.2 cm³/mol. The largest absolute Gasteiger partial charge is 0.495 e. The van der Waals surface area contributed by atoms with Crippen LogP contribution in [0.25, 0.3) is 0 Å². The molecule has 0 amide bonds. The third kappa shape index (κ3) is 3.32. The Labute approximate surface area is 119 Å². The van der Waals surface area contributed by atoms with Crippen LogP contribution in [0, 0.1) is 0 Å². The van der Waals surface area contributed by atoms with E-state index in [1.165, 1.54) is 0 Å². The molecule has 1 aliphatic rings. The van der Waals surface area contributed by atoms with Crippen molar-refractivity contribution < 1.29 is 9.47 Å². The van der Waals surface area contributed by atoms with E-state index in [0.29, 0.717) is 17.3 Å². The number of nitrogens with zero attached hydrogens (tertiary/aromatic N) is 1. The average molecular weight is 285 g/mol. The van der Waals surface area contributed by atoms with Crippen molar-refractivity contribution in [1.82, 2.24) is 0 Å². The molecule has 1 unspecified atom stereocenters. The molecule has 0 aliphatic carbocycles. The lowest BCUT2D eigenvalue weighted by molar-refractivity contribution is -0.0788. The molecule has 1 aliphatic heterocycles. The minimum absolute atomic E-state index is 0.0460. The highest BCUT2D eigenvalue weighted by Crippen LogP contribution is 2.32. The number of methoxy groups -OCH3 is 1. The predicted octanol–water partition coefficient (Wildman–Crippen LogP) is 2.29. The second-order valence-corrected chi connectivity index (χ2v) is 5.84. The van der Waals surface area contributed by atoms with Gasteiger partial charge in [-0.15, -0.1) is 0 Å². The molecule has 2 N–H and O–H groups in total. The molecule has 1 atom stereocenters. The number of nitrogens with two attached hydrogens (primary N) is 1. The molecule has 2 rings (SSSR count). The molecule has 0 spiro atoms. The summed E-state index contributed by atoms with van der Waals surface area (Å²) in [5.41, 5.74) is 6.60. The summed E-state index contributed by atoms with van der Waals surface area (Å²) in [5.74, 6) is 0.688. The Morgan fingerprint density at radius 2 is 2.26 bits per heavy atom. The third-order valence-electron chi connectivity index (χ3n) is 3.24. The van der Waals surface area contributed by atoms with E-state index in [-0.39, 0.29) is 11.7 Å². The summed E-state index contributed by atoms with van der Waals surface area (Å²) in [5, 5.41) is 0.619. The molecule has 0 saturated carbocycles. The Hall–Kier alpha value is -0.970. The van der Waals surface area contributed by atoms with Gasteiger partial charge in [-0.05, 0) is 32.0 Å². The van der Waals surface area contributed by atoms with Crippen LogP contribution in [0.15, 0.2) is 18.2 Å². The van der Waals surface area contributed by atoms with Crippen LogP contribution in [-0.4, -0.2) is 38.4 Å². The van der Waals surface area contributed by atoms with Gasteiger partial charge in [0.05, 0.1) is 23.8 Å². The summed E-state index contributed by atoms with van der Waals surface area (Å²) in [6.45, 7) is 6.26. The first kappa shape index (κ1) is 14.4. The monoisotopic (exact) mass is 284 g/mol. The average Bonchev–Trinajstić information content (AvgIpc) is 2.36. The van der Waals surface area contributed by atoms with Gasteiger partial charge in [0.25, 0.3) is 0 Å². The van der Waals surface area contributed by atoms with Gasteiger partial charge < -0.3 is 20.1 Å². The van der Waals surface area contributed by atoms with E-state index in [4.69, 9.17) is 26.8 Å². The van der Waals surface area contributed by atoms with Crippen molar-refractivity contribution in [1.29, 1.82) is 0 Å². The van der Waals surface area contributed by atoms with Gasteiger partial charge in [0.1, 0.15) is 5.75 Å². The molecule has 1 aromatic rings. The molecular formula is C14H21ClN2O2. The summed E-state index contributed by atoms with van der Waals surface area (Å²) in [7, 11) is 1.61. The zero-order chi connectivity index (χ0) is 14.0. The summed E-state index contributed by atoms with van der Waals surface area (Å²) in [6.07, 6.45) is 0.0460. The van der Waals surface area contributed by atoms with Crippen molar-refractivity contribution >= 4 is 17.3 Å². The van der Waals surface area contributed by atoms with Gasteiger partial charge in [0.2, 0.25) is 0 Å². The quantitative estimate of drug-likeness (QED) is 0.925. The Balaban J connectivity index is 2.23. The number of hydrogen-bond donors (Lipinski definition) is 1. The molecule has 1 heterocycles. The second kappa shape index (κ2) is 5.57. The highest BCUT2D eigenvalue weighted by Gasteiger charge is 2.33. The van der Waals surface area contributed by atoms with Gasteiger partial charge in [-0.25, -0.2) is 0 Å². The molecular weight excluding hydrogens is 264 g/mol. The number of rotatable bonds is 3. The van der Waals surface area contributed by atoms with E-state index in [0.717, 1.165) is 18.8 Å². The van der Waals surface area contributed by atoms with Gasteiger partial charge in [-0.1, -0.05) is 11.6 Å². The molecule has 5 heteroatoms. The fourth-order valence-corrected chi connectivity index (χ4v) is 2.72. The first-order valence-electron chi connectivity index (χ1n) is 6.41. The van der Waals surface area contributed by atoms with Crippen molar-refractivity contribution in [3.8, 4) is 5.75 Å². The standard InChI is InChI=1S/C14H21ClN2O2/c1-14(2)9-17(8-11(7-16)19-14)10-4-5-13(18-3)12(15)6-10/h4-6,11H,7-9,16H2,1-3H3. The maximum absolute atomic E-state index is 6.18. The number of morpholine rings is 1. The van der Waals surface area contributed by atoms with Crippen LogP contribution in [0.2, 0.25) is 5.02 Å². The Bertz CT molecular complexity index is 451. The lowest BCUT2D eigenvalue weighted by Gasteiger charge is -2.43. The lowest BCUT2D eigenvalue weighted by atomic mass is 10.0. The maximum atomic E-state index is 6.18. The van der Waals surface area contributed by atoms with E-state index < -0.39 is 0 Å². The third-order valence-corrected chi connectivity index (χ3v) is 3.54. The summed E-state index contributed by atoms with van der Waals surface area (Å²) in [6, 6.07) is 5.83. The number of anilines is 1. The van der Waals surface area contributed by atoms with Gasteiger partial charge >= 0.3 is 0 Å². The smallest absolute Gasteiger partial charge is 0.137 e. The van der Waals surface area contributed by atoms with Crippen LogP contribution < -0.4 is 15.4 Å². The van der Waals surface area contributed by atoms with Crippen molar-refractivity contribution in [2.45, 2.75) is 25.6 Å². The van der Waals surface area contributed by atoms with Gasteiger partial charge in [0, 0.05) is 25.3 Å². The lowest BCUT2D eigenvalue weighted by Crippen LogP contribution is -2.54. The SMILES string of the molecule is COc1ccc(N2CC(CN)OC(C)(C)C2)cc1Cl. The van der Waals surface area contributed by atoms with Crippen LogP contribution >= 0.6 is 11.6 Å². The van der Waals surface area contributed by atoms with Gasteiger partial charge in [-0.3, -0.25) is 0 Å². The molecule has 0 bridgehead atoms. The highest BCUT2D eigenvalue weighted by atomic mass is 35.5. The Morgan fingerprint density at radius 1 is 1.53 bits per heavy atom. The number of halogens is 1. The minimum Gasteiger partial charge on any atom is -0.495 e. The molecule has 1 aromatic carbocycles. The van der Waals surface area contributed by atoms with Crippen molar-refractivity contribution in [2.24, 2.45) is 5.73 Å². The zero-order valence-corrected chi connectivity index (χ0v) is 12.4. The summed E-state index contributed by atoms with van der Waals surface area (Å²) in [4.78, 5) is 2.26. The highest BCUT2D eigenvalue weighted by molar-refractivity contribution is 6.32.